The van der Waals surface area contributed by atoms with E-state index in [-0.39, 0.29) is 5.56 Å². The van der Waals surface area contributed by atoms with Gasteiger partial charge in [-0.2, -0.15) is 0 Å². The Morgan fingerprint density at radius 1 is 1.33 bits per heavy atom. The van der Waals surface area contributed by atoms with Crippen molar-refractivity contribution in [2.75, 3.05) is 5.88 Å². The number of rotatable bonds is 6. The molecule has 0 atom stereocenters. The van der Waals surface area contributed by atoms with Gasteiger partial charge in [0, 0.05) is 12.4 Å². The Hall–Kier alpha value is -0.870. The molecule has 0 radical (unpaired) electrons. The smallest absolute Gasteiger partial charge is 0.271 e. The average molecular weight is 285 g/mol. The molecule has 2 heterocycles. The number of fused-ring (bicyclic) bond motifs is 1. The van der Waals surface area contributed by atoms with Crippen molar-refractivity contribution < 1.29 is 0 Å². The third-order valence-electron chi connectivity index (χ3n) is 3.01. The number of thiophene rings is 1. The number of alkyl halides is 1. The first kappa shape index (κ1) is 13.6. The van der Waals surface area contributed by atoms with Crippen molar-refractivity contribution in [3.63, 3.8) is 0 Å². The van der Waals surface area contributed by atoms with Gasteiger partial charge in [0.05, 0.1) is 11.8 Å². The van der Waals surface area contributed by atoms with E-state index < -0.39 is 0 Å². The molecule has 0 aromatic carbocycles. The predicted octanol–water partition coefficient (Wildman–Crippen LogP) is 3.57. The average Bonchev–Trinajstić information content (AvgIpc) is 2.74. The van der Waals surface area contributed by atoms with Crippen molar-refractivity contribution >= 4 is 33.2 Å². The summed E-state index contributed by atoms with van der Waals surface area (Å²) in [5.74, 6) is 0.724. The molecule has 0 unspecified atom stereocenters. The molecule has 0 N–H and O–H groups in total. The van der Waals surface area contributed by atoms with Crippen molar-refractivity contribution in [3.05, 3.63) is 27.6 Å². The first-order valence-electron chi connectivity index (χ1n) is 6.23. The van der Waals surface area contributed by atoms with Gasteiger partial charge in [0.25, 0.3) is 5.56 Å². The maximum Gasteiger partial charge on any atom is 0.271 e. The van der Waals surface area contributed by atoms with Crippen LogP contribution in [0.4, 0.5) is 0 Å². The van der Waals surface area contributed by atoms with Crippen molar-refractivity contribution in [3.8, 4) is 0 Å². The van der Waals surface area contributed by atoms with Crippen LogP contribution in [-0.2, 0) is 6.54 Å². The molecule has 2 aromatic rings. The van der Waals surface area contributed by atoms with Crippen LogP contribution < -0.4 is 5.56 Å². The van der Waals surface area contributed by atoms with E-state index in [0.29, 0.717) is 0 Å². The van der Waals surface area contributed by atoms with E-state index in [1.54, 1.807) is 10.9 Å². The lowest BCUT2D eigenvalue weighted by Crippen LogP contribution is -2.19. The van der Waals surface area contributed by atoms with Crippen molar-refractivity contribution in [2.45, 2.75) is 39.2 Å². The quantitative estimate of drug-likeness (QED) is 0.600. The predicted molar refractivity (Wildman–Crippen MR) is 77.8 cm³/mol. The van der Waals surface area contributed by atoms with E-state index in [2.05, 4.69) is 4.98 Å². The van der Waals surface area contributed by atoms with Gasteiger partial charge < -0.3 is 0 Å². The summed E-state index contributed by atoms with van der Waals surface area (Å²) in [4.78, 5) is 16.5. The Kier molecular flexibility index (Phi) is 4.78. The molecule has 0 saturated carbocycles. The lowest BCUT2D eigenvalue weighted by Gasteiger charge is -2.04. The highest BCUT2D eigenvalue weighted by Crippen LogP contribution is 2.19. The Bertz CT molecular complexity index is 576. The number of nitrogens with zero attached hydrogens (tertiary/aromatic N) is 2. The van der Waals surface area contributed by atoms with Crippen LogP contribution in [0.1, 0.15) is 31.2 Å². The van der Waals surface area contributed by atoms with Crippen LogP contribution >= 0.6 is 22.9 Å². The minimum absolute atomic E-state index is 0.0930. The molecule has 18 heavy (non-hydrogen) atoms. The molecule has 0 saturated heterocycles. The number of aromatic nitrogens is 2. The number of hydrogen-bond donors (Lipinski definition) is 0. The van der Waals surface area contributed by atoms with Gasteiger partial charge in [-0.1, -0.05) is 12.8 Å². The summed E-state index contributed by atoms with van der Waals surface area (Å²) in [6.45, 7) is 2.74. The van der Waals surface area contributed by atoms with Gasteiger partial charge in [-0.15, -0.1) is 22.9 Å². The molecule has 0 aliphatic heterocycles. The molecule has 0 spiro atoms. The van der Waals surface area contributed by atoms with Gasteiger partial charge in [0.1, 0.15) is 4.70 Å². The molecule has 0 aliphatic carbocycles. The second kappa shape index (κ2) is 6.34. The molecule has 0 amide bonds. The van der Waals surface area contributed by atoms with Gasteiger partial charge in [-0.25, -0.2) is 4.98 Å². The first-order chi connectivity index (χ1) is 8.74. The summed E-state index contributed by atoms with van der Waals surface area (Å²) in [7, 11) is 0. The largest absolute Gasteiger partial charge is 0.298 e. The van der Waals surface area contributed by atoms with E-state index in [1.807, 2.05) is 12.3 Å². The second-order valence-electron chi connectivity index (χ2n) is 4.44. The fourth-order valence-electron chi connectivity index (χ4n) is 1.95. The lowest BCUT2D eigenvalue weighted by molar-refractivity contribution is 0.569. The van der Waals surface area contributed by atoms with Crippen LogP contribution in [0.5, 0.6) is 0 Å². The Labute approximate surface area is 115 Å². The first-order valence-corrected chi connectivity index (χ1v) is 7.64. The van der Waals surface area contributed by atoms with Crippen molar-refractivity contribution in [2.24, 2.45) is 0 Å². The van der Waals surface area contributed by atoms with Crippen molar-refractivity contribution in [1.82, 2.24) is 9.55 Å². The molecule has 0 aliphatic rings. The van der Waals surface area contributed by atoms with E-state index in [9.17, 15) is 4.79 Å². The van der Waals surface area contributed by atoms with Gasteiger partial charge >= 0.3 is 0 Å². The summed E-state index contributed by atoms with van der Waals surface area (Å²) in [6.07, 6.45) is 5.98. The summed E-state index contributed by atoms with van der Waals surface area (Å²) in [6, 6.07) is 0. The number of hydrogen-bond acceptors (Lipinski definition) is 3. The zero-order valence-corrected chi connectivity index (χ0v) is 12.1. The molecule has 0 bridgehead atoms. The molecule has 3 nitrogen and oxygen atoms in total. The molecular weight excluding hydrogens is 268 g/mol. The Balaban J connectivity index is 2.05. The van der Waals surface area contributed by atoms with Crippen LogP contribution in [-0.4, -0.2) is 15.4 Å². The summed E-state index contributed by atoms with van der Waals surface area (Å²) in [5.41, 5.74) is 2.03. The summed E-state index contributed by atoms with van der Waals surface area (Å²) < 4.78 is 2.50. The zero-order chi connectivity index (χ0) is 13.0. The lowest BCUT2D eigenvalue weighted by atomic mass is 10.2. The molecule has 5 heteroatoms. The normalized spacial score (nSPS) is 11.2. The van der Waals surface area contributed by atoms with E-state index >= 15 is 0 Å². The van der Waals surface area contributed by atoms with Crippen LogP contribution in [0.3, 0.4) is 0 Å². The molecule has 2 aromatic heterocycles. The maximum atomic E-state index is 12.2. The highest BCUT2D eigenvalue weighted by Gasteiger charge is 2.07. The minimum atomic E-state index is 0.0930. The van der Waals surface area contributed by atoms with Crippen LogP contribution in [0.15, 0.2) is 16.5 Å². The molecular formula is C13H17ClN2OS. The number of aryl methyl sites for hydroxylation is 2. The monoisotopic (exact) mass is 284 g/mol. The van der Waals surface area contributed by atoms with Gasteiger partial charge in [-0.05, 0) is 30.7 Å². The van der Waals surface area contributed by atoms with E-state index in [1.165, 1.54) is 11.3 Å². The fraction of sp³-hybridized carbons (Fsp3) is 0.538. The number of halogens is 1. The van der Waals surface area contributed by atoms with E-state index in [4.69, 9.17) is 11.6 Å². The van der Waals surface area contributed by atoms with Gasteiger partial charge in [-0.3, -0.25) is 9.36 Å². The highest BCUT2D eigenvalue weighted by atomic mass is 35.5. The van der Waals surface area contributed by atoms with Crippen LogP contribution in [0.25, 0.3) is 10.2 Å². The summed E-state index contributed by atoms with van der Waals surface area (Å²) in [5, 5.41) is 1.99. The third kappa shape index (κ3) is 2.93. The standard InChI is InChI=1S/C13H17ClN2OS/c1-10-8-18-12-11(10)15-9-16(13(12)17)7-5-3-2-4-6-14/h8-9H,2-7H2,1H3. The highest BCUT2D eigenvalue weighted by molar-refractivity contribution is 7.17. The minimum Gasteiger partial charge on any atom is -0.298 e. The van der Waals surface area contributed by atoms with Gasteiger partial charge in [0.15, 0.2) is 0 Å². The fourth-order valence-corrected chi connectivity index (χ4v) is 3.09. The molecule has 98 valence electrons. The zero-order valence-electron chi connectivity index (χ0n) is 10.5. The Morgan fingerprint density at radius 2 is 2.11 bits per heavy atom. The van der Waals surface area contributed by atoms with Crippen LogP contribution in [0.2, 0.25) is 0 Å². The summed E-state index contributed by atoms with van der Waals surface area (Å²) >= 11 is 7.12. The van der Waals surface area contributed by atoms with Crippen molar-refractivity contribution in [1.29, 1.82) is 0 Å². The van der Waals surface area contributed by atoms with E-state index in [0.717, 1.165) is 53.9 Å². The Morgan fingerprint density at radius 3 is 2.89 bits per heavy atom. The second-order valence-corrected chi connectivity index (χ2v) is 5.70. The van der Waals surface area contributed by atoms with Gasteiger partial charge in [0.2, 0.25) is 0 Å². The SMILES string of the molecule is Cc1csc2c(=O)n(CCCCCCCl)cnc12. The van der Waals surface area contributed by atoms with Crippen LogP contribution in [0, 0.1) is 6.92 Å². The number of unbranched alkanes of at least 4 members (excludes halogenated alkanes) is 3. The third-order valence-corrected chi connectivity index (χ3v) is 4.35. The molecule has 2 rings (SSSR count). The maximum absolute atomic E-state index is 12.2. The topological polar surface area (TPSA) is 34.9 Å². The molecule has 0 fully saturated rings.